The van der Waals surface area contributed by atoms with Crippen molar-refractivity contribution >= 4 is 29.2 Å². The maximum atomic E-state index is 12.0. The lowest BCUT2D eigenvalue weighted by Crippen LogP contribution is -2.21. The molecule has 0 radical (unpaired) electrons. The van der Waals surface area contributed by atoms with Gasteiger partial charge >= 0.3 is 5.97 Å². The molecule has 1 N–H and O–H groups in total. The molecule has 0 aliphatic carbocycles. The van der Waals surface area contributed by atoms with Crippen LogP contribution < -0.4 is 10.1 Å². The lowest BCUT2D eigenvalue weighted by Gasteiger charge is -2.09. The maximum Gasteiger partial charge on any atom is 0.340 e. The molecule has 0 aliphatic heterocycles. The highest BCUT2D eigenvalue weighted by molar-refractivity contribution is 6.33. The molecule has 5 nitrogen and oxygen atoms in total. The smallest absolute Gasteiger partial charge is 0.340 e. The molecule has 1 amide bonds. The van der Waals surface area contributed by atoms with Crippen LogP contribution in [0.3, 0.4) is 0 Å². The first-order valence-corrected chi connectivity index (χ1v) is 8.54. The van der Waals surface area contributed by atoms with Crippen molar-refractivity contribution in [1.29, 1.82) is 0 Å². The molecule has 0 aromatic heterocycles. The van der Waals surface area contributed by atoms with Crippen LogP contribution in [0.1, 0.15) is 10.4 Å². The van der Waals surface area contributed by atoms with Gasteiger partial charge in [-0.2, -0.15) is 0 Å². The van der Waals surface area contributed by atoms with E-state index in [0.717, 1.165) is 5.75 Å². The van der Waals surface area contributed by atoms with E-state index < -0.39 is 18.5 Å². The molecule has 0 heterocycles. The van der Waals surface area contributed by atoms with Gasteiger partial charge in [-0.25, -0.2) is 4.79 Å². The van der Waals surface area contributed by atoms with Crippen LogP contribution >= 0.6 is 11.6 Å². The summed E-state index contributed by atoms with van der Waals surface area (Å²) in [6.45, 7) is -0.410. The maximum absolute atomic E-state index is 12.0. The first-order valence-electron chi connectivity index (χ1n) is 8.16. The van der Waals surface area contributed by atoms with E-state index >= 15 is 0 Å². The van der Waals surface area contributed by atoms with Crippen molar-refractivity contribution in [3.05, 3.63) is 89.4 Å². The van der Waals surface area contributed by atoms with Gasteiger partial charge in [-0.05, 0) is 48.5 Å². The van der Waals surface area contributed by atoms with Gasteiger partial charge in [0.2, 0.25) is 0 Å². The number of ether oxygens (including phenoxy) is 2. The average Bonchev–Trinajstić information content (AvgIpc) is 2.69. The van der Waals surface area contributed by atoms with E-state index in [0.29, 0.717) is 11.4 Å². The van der Waals surface area contributed by atoms with Crippen LogP contribution in [0.25, 0.3) is 0 Å². The second-order valence-electron chi connectivity index (χ2n) is 5.54. The highest BCUT2D eigenvalue weighted by atomic mass is 35.5. The summed E-state index contributed by atoms with van der Waals surface area (Å²) in [7, 11) is 0. The summed E-state index contributed by atoms with van der Waals surface area (Å²) in [5.41, 5.74) is 0.781. The molecule has 0 saturated carbocycles. The number of esters is 1. The largest absolute Gasteiger partial charge is 0.457 e. The quantitative estimate of drug-likeness (QED) is 0.615. The molecule has 6 heteroatoms. The highest BCUT2D eigenvalue weighted by Crippen LogP contribution is 2.22. The molecule has 3 aromatic rings. The average molecular weight is 382 g/mol. The summed E-state index contributed by atoms with van der Waals surface area (Å²) in [6, 6.07) is 22.7. The number of hydrogen-bond donors (Lipinski definition) is 1. The van der Waals surface area contributed by atoms with Gasteiger partial charge in [0.15, 0.2) is 6.61 Å². The zero-order valence-electron chi connectivity index (χ0n) is 14.2. The Bertz CT molecular complexity index is 926. The van der Waals surface area contributed by atoms with Crippen molar-refractivity contribution in [3.8, 4) is 11.5 Å². The van der Waals surface area contributed by atoms with E-state index in [9.17, 15) is 9.59 Å². The Hall–Kier alpha value is -3.31. The molecule has 136 valence electrons. The minimum Gasteiger partial charge on any atom is -0.457 e. The van der Waals surface area contributed by atoms with E-state index in [4.69, 9.17) is 21.1 Å². The summed E-state index contributed by atoms with van der Waals surface area (Å²) < 4.78 is 10.7. The fourth-order valence-corrected chi connectivity index (χ4v) is 2.48. The monoisotopic (exact) mass is 381 g/mol. The molecule has 0 bridgehead atoms. The van der Waals surface area contributed by atoms with E-state index in [1.54, 1.807) is 42.5 Å². The predicted octanol–water partition coefficient (Wildman–Crippen LogP) is 4.93. The van der Waals surface area contributed by atoms with Gasteiger partial charge in [-0.15, -0.1) is 0 Å². The molecule has 27 heavy (non-hydrogen) atoms. The number of para-hydroxylation sites is 1. The molecule has 0 atom stereocenters. The summed E-state index contributed by atoms with van der Waals surface area (Å²) >= 11 is 5.92. The topological polar surface area (TPSA) is 64.6 Å². The van der Waals surface area contributed by atoms with Crippen molar-refractivity contribution in [2.75, 3.05) is 11.9 Å². The molecular formula is C21H16ClNO4. The summed E-state index contributed by atoms with van der Waals surface area (Å²) in [6.07, 6.45) is 0. The zero-order chi connectivity index (χ0) is 19.1. The molecule has 0 aliphatic rings. The van der Waals surface area contributed by atoms with Crippen molar-refractivity contribution in [1.82, 2.24) is 0 Å². The number of nitrogens with one attached hydrogen (secondary N) is 1. The number of carbonyl (C=O) groups is 2. The van der Waals surface area contributed by atoms with Crippen molar-refractivity contribution in [2.45, 2.75) is 0 Å². The molecule has 0 saturated heterocycles. The van der Waals surface area contributed by atoms with Crippen LogP contribution in [0.4, 0.5) is 5.69 Å². The molecule has 0 fully saturated rings. The third-order valence-corrected chi connectivity index (χ3v) is 3.87. The lowest BCUT2D eigenvalue weighted by molar-refractivity contribution is -0.119. The van der Waals surface area contributed by atoms with E-state index in [1.165, 1.54) is 6.07 Å². The van der Waals surface area contributed by atoms with E-state index in [1.807, 2.05) is 30.3 Å². The normalized spacial score (nSPS) is 10.1. The SMILES string of the molecule is O=C(COC(=O)c1ccccc1Cl)Nc1ccc(Oc2ccccc2)cc1. The van der Waals surface area contributed by atoms with E-state index in [-0.39, 0.29) is 10.6 Å². The van der Waals surface area contributed by atoms with Crippen molar-refractivity contribution < 1.29 is 19.1 Å². The Balaban J connectivity index is 1.50. The van der Waals surface area contributed by atoms with E-state index in [2.05, 4.69) is 5.32 Å². The minimum absolute atomic E-state index is 0.217. The molecule has 3 aromatic carbocycles. The Morgan fingerprint density at radius 1 is 0.815 bits per heavy atom. The first-order chi connectivity index (χ1) is 13.1. The number of benzene rings is 3. The Kier molecular flexibility index (Phi) is 6.07. The van der Waals surface area contributed by atoms with Crippen molar-refractivity contribution in [2.24, 2.45) is 0 Å². The summed E-state index contributed by atoms with van der Waals surface area (Å²) in [5, 5.41) is 2.92. The predicted molar refractivity (Wildman–Crippen MR) is 103 cm³/mol. The van der Waals surface area contributed by atoms with Crippen LogP contribution in [0.2, 0.25) is 5.02 Å². The number of anilines is 1. The van der Waals surface area contributed by atoms with Crippen LogP contribution in [0.15, 0.2) is 78.9 Å². The Morgan fingerprint density at radius 3 is 2.15 bits per heavy atom. The highest BCUT2D eigenvalue weighted by Gasteiger charge is 2.13. The molecule has 0 unspecified atom stereocenters. The second-order valence-corrected chi connectivity index (χ2v) is 5.95. The van der Waals surface area contributed by atoms with Gasteiger partial charge in [-0.3, -0.25) is 4.79 Å². The fourth-order valence-electron chi connectivity index (χ4n) is 2.26. The zero-order valence-corrected chi connectivity index (χ0v) is 15.0. The van der Waals surface area contributed by atoms with Gasteiger partial charge in [0.05, 0.1) is 10.6 Å². The minimum atomic E-state index is -0.651. The van der Waals surface area contributed by atoms with Gasteiger partial charge in [-0.1, -0.05) is 41.9 Å². The van der Waals surface area contributed by atoms with Crippen LogP contribution in [0, 0.1) is 0 Å². The first kappa shape index (κ1) is 18.5. The second kappa shape index (κ2) is 8.87. The van der Waals surface area contributed by atoms with Crippen LogP contribution in [0.5, 0.6) is 11.5 Å². The number of halogens is 1. The third-order valence-electron chi connectivity index (χ3n) is 3.55. The van der Waals surface area contributed by atoms with Gasteiger partial charge in [0.25, 0.3) is 5.91 Å². The lowest BCUT2D eigenvalue weighted by atomic mass is 10.2. The van der Waals surface area contributed by atoms with Crippen molar-refractivity contribution in [3.63, 3.8) is 0 Å². The molecule has 0 spiro atoms. The third kappa shape index (κ3) is 5.33. The summed E-state index contributed by atoms with van der Waals surface area (Å²) in [5.74, 6) is 0.264. The van der Waals surface area contributed by atoms with Crippen LogP contribution in [-0.2, 0) is 9.53 Å². The number of rotatable bonds is 6. The van der Waals surface area contributed by atoms with Crippen LogP contribution in [-0.4, -0.2) is 18.5 Å². The Labute approximate surface area is 161 Å². The summed E-state index contributed by atoms with van der Waals surface area (Å²) in [4.78, 5) is 23.9. The van der Waals surface area contributed by atoms with Gasteiger partial charge < -0.3 is 14.8 Å². The van der Waals surface area contributed by atoms with Gasteiger partial charge in [0.1, 0.15) is 11.5 Å². The number of amides is 1. The number of carbonyl (C=O) groups excluding carboxylic acids is 2. The standard InChI is InChI=1S/C21H16ClNO4/c22-19-9-5-4-8-18(19)21(25)26-14-20(24)23-15-10-12-17(13-11-15)27-16-6-2-1-3-7-16/h1-13H,14H2,(H,23,24). The molecule has 3 rings (SSSR count). The molecular weight excluding hydrogens is 366 g/mol. The fraction of sp³-hybridized carbons (Fsp3) is 0.0476. The Morgan fingerprint density at radius 2 is 1.44 bits per heavy atom. The van der Waals surface area contributed by atoms with Gasteiger partial charge in [0, 0.05) is 5.69 Å². The number of hydrogen-bond acceptors (Lipinski definition) is 4.